The number of rotatable bonds is 6. The Morgan fingerprint density at radius 2 is 1.86 bits per heavy atom. The van der Waals surface area contributed by atoms with Gasteiger partial charge in [-0.25, -0.2) is 4.98 Å². The third kappa shape index (κ3) is 2.65. The quantitative estimate of drug-likeness (QED) is 0.806. The van der Waals surface area contributed by atoms with E-state index < -0.39 is 0 Å². The highest BCUT2D eigenvalue weighted by atomic mass is 16.3. The van der Waals surface area contributed by atoms with Gasteiger partial charge in [-0.1, -0.05) is 6.92 Å². The number of hydrogen-bond acceptors (Lipinski definition) is 3. The van der Waals surface area contributed by atoms with Crippen molar-refractivity contribution in [3.8, 4) is 0 Å². The van der Waals surface area contributed by atoms with Gasteiger partial charge >= 0.3 is 0 Å². The molecule has 1 N–H and O–H groups in total. The molecule has 1 aromatic heterocycles. The molecule has 4 saturated carbocycles. The van der Waals surface area contributed by atoms with E-state index >= 15 is 0 Å². The van der Waals surface area contributed by atoms with Crippen LogP contribution in [0.4, 0.5) is 0 Å². The van der Waals surface area contributed by atoms with Crippen LogP contribution in [0.15, 0.2) is 10.8 Å². The van der Waals surface area contributed by atoms with Gasteiger partial charge in [0.25, 0.3) is 0 Å². The van der Waals surface area contributed by atoms with Gasteiger partial charge in [0.2, 0.25) is 0 Å². The molecule has 0 unspecified atom stereocenters. The van der Waals surface area contributed by atoms with Crippen LogP contribution < -0.4 is 5.32 Å². The maximum absolute atomic E-state index is 5.78. The van der Waals surface area contributed by atoms with Crippen molar-refractivity contribution in [3.63, 3.8) is 0 Å². The summed E-state index contributed by atoms with van der Waals surface area (Å²) in [6.45, 7) is 4.13. The lowest BCUT2D eigenvalue weighted by molar-refractivity contribution is -0.0546. The van der Waals surface area contributed by atoms with Crippen molar-refractivity contribution >= 4 is 0 Å². The summed E-state index contributed by atoms with van der Waals surface area (Å²) in [5.74, 6) is 4.21. The first kappa shape index (κ1) is 13.8. The fraction of sp³-hybridized carbons (Fsp3) is 0.833. The van der Waals surface area contributed by atoms with Gasteiger partial charge in [-0.15, -0.1) is 0 Å². The minimum atomic E-state index is 0.549. The minimum absolute atomic E-state index is 0.549. The van der Waals surface area contributed by atoms with Crippen molar-refractivity contribution in [2.24, 2.45) is 23.2 Å². The normalized spacial score (nSPS) is 37.3. The van der Waals surface area contributed by atoms with Crippen LogP contribution in [0.5, 0.6) is 0 Å². The number of aromatic nitrogens is 1. The van der Waals surface area contributed by atoms with E-state index in [-0.39, 0.29) is 0 Å². The highest BCUT2D eigenvalue weighted by molar-refractivity contribution is 5.13. The predicted octanol–water partition coefficient (Wildman–Crippen LogP) is 3.93. The molecular formula is C18H28N2O. The van der Waals surface area contributed by atoms with Crippen molar-refractivity contribution in [2.45, 2.75) is 64.8 Å². The Morgan fingerprint density at radius 1 is 1.19 bits per heavy atom. The molecule has 0 aliphatic heterocycles. The van der Waals surface area contributed by atoms with Crippen LogP contribution in [0.1, 0.15) is 63.3 Å². The van der Waals surface area contributed by atoms with E-state index in [4.69, 9.17) is 4.42 Å². The van der Waals surface area contributed by atoms with Crippen molar-refractivity contribution in [1.29, 1.82) is 0 Å². The Morgan fingerprint density at radius 3 is 2.48 bits per heavy atom. The van der Waals surface area contributed by atoms with Gasteiger partial charge in [0.05, 0.1) is 5.69 Å². The van der Waals surface area contributed by atoms with E-state index in [0.29, 0.717) is 5.41 Å². The van der Waals surface area contributed by atoms with E-state index in [2.05, 4.69) is 17.2 Å². The molecule has 0 saturated heterocycles. The third-order valence-electron chi connectivity index (χ3n) is 6.15. The lowest BCUT2D eigenvalue weighted by Crippen LogP contribution is -2.47. The molecule has 4 aliphatic carbocycles. The van der Waals surface area contributed by atoms with Crippen LogP contribution in [0.25, 0.3) is 0 Å². The van der Waals surface area contributed by atoms with Gasteiger partial charge in [-0.3, -0.25) is 0 Å². The SMILES string of the molecule is CCCNCc1ncoc1CC12CC3CC(CC(C3)C1)C2. The summed E-state index contributed by atoms with van der Waals surface area (Å²) in [5, 5.41) is 3.46. The zero-order valence-electron chi connectivity index (χ0n) is 13.2. The lowest BCUT2D eigenvalue weighted by Gasteiger charge is -2.56. The molecule has 0 spiro atoms. The Balaban J connectivity index is 1.47. The van der Waals surface area contributed by atoms with Gasteiger partial charge in [-0.2, -0.15) is 0 Å². The van der Waals surface area contributed by atoms with Gasteiger partial charge < -0.3 is 9.73 Å². The number of nitrogens with one attached hydrogen (secondary N) is 1. The standard InChI is InChI=1S/C18H28N2O/c1-2-3-19-11-16-17(21-12-20-16)10-18-7-13-4-14(8-18)6-15(5-13)9-18/h12-15,19H,2-11H2,1H3. The summed E-state index contributed by atoms with van der Waals surface area (Å²) in [6.07, 6.45) is 12.8. The average molecular weight is 288 g/mol. The molecule has 4 bridgehead atoms. The summed E-state index contributed by atoms with van der Waals surface area (Å²) in [6, 6.07) is 0. The second kappa shape index (κ2) is 5.42. The number of hydrogen-bond donors (Lipinski definition) is 1. The molecule has 0 atom stereocenters. The number of oxazole rings is 1. The largest absolute Gasteiger partial charge is 0.448 e. The molecule has 1 aromatic rings. The van der Waals surface area contributed by atoms with Crippen LogP contribution >= 0.6 is 0 Å². The second-order valence-corrected chi connectivity index (χ2v) is 7.99. The fourth-order valence-corrected chi connectivity index (χ4v) is 5.81. The Kier molecular flexibility index (Phi) is 3.56. The van der Waals surface area contributed by atoms with E-state index in [9.17, 15) is 0 Å². The molecule has 0 aromatic carbocycles. The van der Waals surface area contributed by atoms with E-state index in [1.54, 1.807) is 6.39 Å². The molecule has 0 radical (unpaired) electrons. The van der Waals surface area contributed by atoms with Crippen molar-refractivity contribution in [2.75, 3.05) is 6.54 Å². The summed E-state index contributed by atoms with van der Waals surface area (Å²) in [7, 11) is 0. The maximum Gasteiger partial charge on any atom is 0.181 e. The first-order valence-corrected chi connectivity index (χ1v) is 8.88. The van der Waals surface area contributed by atoms with Crippen LogP contribution in [-0.4, -0.2) is 11.5 Å². The summed E-state index contributed by atoms with van der Waals surface area (Å²) < 4.78 is 5.78. The topological polar surface area (TPSA) is 38.1 Å². The average Bonchev–Trinajstić information content (AvgIpc) is 2.84. The molecular weight excluding hydrogens is 260 g/mol. The van der Waals surface area contributed by atoms with Crippen molar-refractivity contribution in [3.05, 3.63) is 17.8 Å². The Labute approximate surface area is 127 Å². The molecule has 4 fully saturated rings. The lowest BCUT2D eigenvalue weighted by atomic mass is 9.48. The number of nitrogens with zero attached hydrogens (tertiary/aromatic N) is 1. The molecule has 3 nitrogen and oxygen atoms in total. The highest BCUT2D eigenvalue weighted by Gasteiger charge is 2.51. The Bertz CT molecular complexity index is 458. The van der Waals surface area contributed by atoms with Gasteiger partial charge in [-0.05, 0) is 74.7 Å². The van der Waals surface area contributed by atoms with Crippen LogP contribution in [0, 0.1) is 23.2 Å². The maximum atomic E-state index is 5.78. The zero-order valence-corrected chi connectivity index (χ0v) is 13.2. The summed E-state index contributed by atoms with van der Waals surface area (Å²) in [4.78, 5) is 4.46. The van der Waals surface area contributed by atoms with Crippen LogP contribution in [0.3, 0.4) is 0 Å². The Hall–Kier alpha value is -0.830. The van der Waals surface area contributed by atoms with Crippen LogP contribution in [-0.2, 0) is 13.0 Å². The van der Waals surface area contributed by atoms with Gasteiger partial charge in [0.1, 0.15) is 5.76 Å². The molecule has 3 heteroatoms. The highest BCUT2D eigenvalue weighted by Crippen LogP contribution is 2.61. The summed E-state index contributed by atoms with van der Waals surface area (Å²) in [5.41, 5.74) is 1.70. The third-order valence-corrected chi connectivity index (χ3v) is 6.15. The molecule has 116 valence electrons. The molecule has 1 heterocycles. The molecule has 4 aliphatic rings. The van der Waals surface area contributed by atoms with Gasteiger partial charge in [0.15, 0.2) is 6.39 Å². The first-order chi connectivity index (χ1) is 10.3. The molecule has 5 rings (SSSR count). The first-order valence-electron chi connectivity index (χ1n) is 8.88. The molecule has 21 heavy (non-hydrogen) atoms. The minimum Gasteiger partial charge on any atom is -0.448 e. The van der Waals surface area contributed by atoms with Crippen molar-refractivity contribution < 1.29 is 4.42 Å². The zero-order chi connectivity index (χ0) is 14.3. The smallest absolute Gasteiger partial charge is 0.181 e. The fourth-order valence-electron chi connectivity index (χ4n) is 5.81. The van der Waals surface area contributed by atoms with E-state index in [1.165, 1.54) is 50.7 Å². The monoisotopic (exact) mass is 288 g/mol. The van der Waals surface area contributed by atoms with E-state index in [1.807, 2.05) is 0 Å². The molecule has 0 amide bonds. The van der Waals surface area contributed by atoms with Crippen LogP contribution in [0.2, 0.25) is 0 Å². The van der Waals surface area contributed by atoms with Crippen molar-refractivity contribution in [1.82, 2.24) is 10.3 Å². The van der Waals surface area contributed by atoms with E-state index in [0.717, 1.165) is 43.0 Å². The second-order valence-electron chi connectivity index (χ2n) is 7.99. The predicted molar refractivity (Wildman–Crippen MR) is 82.8 cm³/mol. The van der Waals surface area contributed by atoms with Gasteiger partial charge in [0, 0.05) is 13.0 Å². The summed E-state index contributed by atoms with van der Waals surface area (Å²) >= 11 is 0.